The summed E-state index contributed by atoms with van der Waals surface area (Å²) in [6.07, 6.45) is 3.56. The topological polar surface area (TPSA) is 105 Å². The van der Waals surface area contributed by atoms with E-state index in [1.807, 2.05) is 31.2 Å². The largest absolute Gasteiger partial charge is 0.481 e. The fourth-order valence-electron chi connectivity index (χ4n) is 3.97. The van der Waals surface area contributed by atoms with Crippen LogP contribution in [0.5, 0.6) is 0 Å². The molecule has 0 spiro atoms. The molecular formula is C22H29N3O4. The van der Waals surface area contributed by atoms with Gasteiger partial charge in [0.2, 0.25) is 17.6 Å². The van der Waals surface area contributed by atoms with E-state index < -0.39 is 17.4 Å². The van der Waals surface area contributed by atoms with Gasteiger partial charge in [-0.05, 0) is 31.2 Å². The van der Waals surface area contributed by atoms with Crippen molar-refractivity contribution in [1.29, 1.82) is 0 Å². The van der Waals surface area contributed by atoms with Crippen LogP contribution in [0.15, 0.2) is 28.8 Å². The summed E-state index contributed by atoms with van der Waals surface area (Å²) in [5.74, 6) is -0.245. The van der Waals surface area contributed by atoms with Crippen LogP contribution in [0.2, 0.25) is 0 Å². The molecule has 0 radical (unpaired) electrons. The highest BCUT2D eigenvalue weighted by Crippen LogP contribution is 2.34. The Morgan fingerprint density at radius 3 is 2.66 bits per heavy atom. The molecule has 2 aromatic rings. The number of carboxylic acids is 1. The molecule has 2 unspecified atom stereocenters. The van der Waals surface area contributed by atoms with Crippen LogP contribution in [0.4, 0.5) is 0 Å². The zero-order chi connectivity index (χ0) is 21.0. The molecular weight excluding hydrogens is 370 g/mol. The average Bonchev–Trinajstić information content (AvgIpc) is 3.15. The van der Waals surface area contributed by atoms with Crippen LogP contribution in [0, 0.1) is 5.92 Å². The van der Waals surface area contributed by atoms with Gasteiger partial charge in [-0.1, -0.05) is 56.1 Å². The van der Waals surface area contributed by atoms with Crippen LogP contribution in [-0.2, 0) is 16.0 Å². The quantitative estimate of drug-likeness (QED) is 0.730. The predicted molar refractivity (Wildman–Crippen MR) is 108 cm³/mol. The van der Waals surface area contributed by atoms with Gasteiger partial charge >= 0.3 is 5.97 Å². The molecule has 29 heavy (non-hydrogen) atoms. The Hall–Kier alpha value is -2.70. The zero-order valence-corrected chi connectivity index (χ0v) is 17.3. The predicted octanol–water partition coefficient (Wildman–Crippen LogP) is 3.94. The molecule has 2 atom stereocenters. The molecule has 0 bridgehead atoms. The molecule has 7 heteroatoms. The van der Waals surface area contributed by atoms with Crippen LogP contribution in [0.25, 0.3) is 11.4 Å². The minimum absolute atomic E-state index is 0.176. The summed E-state index contributed by atoms with van der Waals surface area (Å²) >= 11 is 0. The van der Waals surface area contributed by atoms with Gasteiger partial charge < -0.3 is 14.9 Å². The number of rotatable bonds is 7. The lowest BCUT2D eigenvalue weighted by Gasteiger charge is -2.39. The molecule has 7 nitrogen and oxygen atoms in total. The van der Waals surface area contributed by atoms with E-state index in [9.17, 15) is 14.7 Å². The van der Waals surface area contributed by atoms with Crippen molar-refractivity contribution < 1.29 is 19.2 Å². The number of nitrogens with one attached hydrogen (secondary N) is 1. The first-order valence-electron chi connectivity index (χ1n) is 10.3. The van der Waals surface area contributed by atoms with Gasteiger partial charge in [-0.2, -0.15) is 4.98 Å². The summed E-state index contributed by atoms with van der Waals surface area (Å²) in [4.78, 5) is 28.4. The first-order chi connectivity index (χ1) is 13.8. The van der Waals surface area contributed by atoms with Crippen LogP contribution in [-0.4, -0.2) is 32.7 Å². The van der Waals surface area contributed by atoms with Crippen molar-refractivity contribution in [2.75, 3.05) is 0 Å². The molecule has 1 fully saturated rings. The minimum Gasteiger partial charge on any atom is -0.481 e. The summed E-state index contributed by atoms with van der Waals surface area (Å²) in [6.45, 7) is 6.10. The molecule has 1 aliphatic rings. The van der Waals surface area contributed by atoms with Gasteiger partial charge in [0.05, 0.1) is 11.5 Å². The number of carbonyl (C=O) groups is 2. The van der Waals surface area contributed by atoms with Crippen molar-refractivity contribution in [3.63, 3.8) is 0 Å². The number of benzene rings is 1. The fourth-order valence-corrected chi connectivity index (χ4v) is 3.97. The van der Waals surface area contributed by atoms with Gasteiger partial charge in [0, 0.05) is 18.4 Å². The van der Waals surface area contributed by atoms with E-state index in [1.165, 1.54) is 5.56 Å². The minimum atomic E-state index is -0.850. The van der Waals surface area contributed by atoms with Gasteiger partial charge in [0.25, 0.3) is 0 Å². The van der Waals surface area contributed by atoms with Crippen molar-refractivity contribution in [1.82, 2.24) is 15.5 Å². The molecule has 0 aliphatic heterocycles. The number of carboxylic acid groups (broad SMARTS) is 1. The number of hydrogen-bond acceptors (Lipinski definition) is 5. The number of nitrogens with zero attached hydrogens (tertiary/aromatic N) is 2. The third-order valence-electron chi connectivity index (χ3n) is 5.80. The number of hydrogen-bond donors (Lipinski definition) is 2. The monoisotopic (exact) mass is 399 g/mol. The van der Waals surface area contributed by atoms with Gasteiger partial charge in [-0.3, -0.25) is 9.59 Å². The van der Waals surface area contributed by atoms with E-state index in [2.05, 4.69) is 29.3 Å². The molecule has 1 aliphatic carbocycles. The van der Waals surface area contributed by atoms with Crippen molar-refractivity contribution in [3.8, 4) is 11.4 Å². The molecule has 1 aromatic carbocycles. The first kappa shape index (κ1) is 21.0. The molecule has 0 saturated heterocycles. The maximum atomic E-state index is 12.4. The zero-order valence-electron chi connectivity index (χ0n) is 17.3. The van der Waals surface area contributed by atoms with Crippen molar-refractivity contribution in [2.45, 2.75) is 70.8 Å². The maximum Gasteiger partial charge on any atom is 0.308 e. The summed E-state index contributed by atoms with van der Waals surface area (Å²) in [5.41, 5.74) is 1.40. The Balaban J connectivity index is 1.57. The maximum absolute atomic E-state index is 12.4. The lowest BCUT2D eigenvalue weighted by molar-refractivity contribution is -0.146. The van der Waals surface area contributed by atoms with Crippen LogP contribution < -0.4 is 5.32 Å². The van der Waals surface area contributed by atoms with Crippen molar-refractivity contribution >= 4 is 11.9 Å². The molecule has 2 N–H and O–H groups in total. The Bertz CT molecular complexity index is 859. The van der Waals surface area contributed by atoms with E-state index in [1.54, 1.807) is 0 Å². The molecule has 1 heterocycles. The lowest BCUT2D eigenvalue weighted by atomic mass is 9.74. The number of aryl methyl sites for hydroxylation is 1. The van der Waals surface area contributed by atoms with Gasteiger partial charge in [0.15, 0.2) is 0 Å². The van der Waals surface area contributed by atoms with Crippen LogP contribution in [0.1, 0.15) is 70.2 Å². The SMILES string of the molecule is CC(C)c1ccc(-c2noc(CCC(=O)NC3(C)CCCCC3C(=O)O)n2)cc1. The first-order valence-corrected chi connectivity index (χ1v) is 10.3. The molecule has 156 valence electrons. The fraction of sp³-hybridized carbons (Fsp3) is 0.545. The number of aromatic nitrogens is 2. The Morgan fingerprint density at radius 2 is 2.00 bits per heavy atom. The van der Waals surface area contributed by atoms with Crippen molar-refractivity contribution in [3.05, 3.63) is 35.7 Å². The van der Waals surface area contributed by atoms with Crippen LogP contribution in [0.3, 0.4) is 0 Å². The summed E-state index contributed by atoms with van der Waals surface area (Å²) < 4.78 is 5.29. The van der Waals surface area contributed by atoms with Crippen LogP contribution >= 0.6 is 0 Å². The normalized spacial score (nSPS) is 21.9. The van der Waals surface area contributed by atoms with Crippen molar-refractivity contribution in [2.24, 2.45) is 5.92 Å². The third kappa shape index (κ3) is 5.02. The lowest BCUT2D eigenvalue weighted by Crippen LogP contribution is -2.55. The molecule has 3 rings (SSSR count). The summed E-state index contributed by atoms with van der Waals surface area (Å²) in [6, 6.07) is 8.03. The highest BCUT2D eigenvalue weighted by molar-refractivity contribution is 5.79. The molecule has 1 saturated carbocycles. The second-order valence-electron chi connectivity index (χ2n) is 8.39. The Labute approximate surface area is 170 Å². The van der Waals surface area contributed by atoms with E-state index in [0.29, 0.717) is 36.9 Å². The average molecular weight is 399 g/mol. The third-order valence-corrected chi connectivity index (χ3v) is 5.80. The number of aliphatic carboxylic acids is 1. The van der Waals surface area contributed by atoms with Gasteiger partial charge in [0.1, 0.15) is 0 Å². The second-order valence-corrected chi connectivity index (χ2v) is 8.39. The summed E-state index contributed by atoms with van der Waals surface area (Å²) in [7, 11) is 0. The second kappa shape index (κ2) is 8.76. The molecule has 1 amide bonds. The highest BCUT2D eigenvalue weighted by atomic mass is 16.5. The Morgan fingerprint density at radius 1 is 1.28 bits per heavy atom. The van der Waals surface area contributed by atoms with E-state index in [4.69, 9.17) is 4.52 Å². The van der Waals surface area contributed by atoms with E-state index in [-0.39, 0.29) is 12.3 Å². The molecule has 1 aromatic heterocycles. The smallest absolute Gasteiger partial charge is 0.308 e. The van der Waals surface area contributed by atoms with Gasteiger partial charge in [-0.15, -0.1) is 0 Å². The highest BCUT2D eigenvalue weighted by Gasteiger charge is 2.42. The number of amides is 1. The van der Waals surface area contributed by atoms with E-state index >= 15 is 0 Å². The van der Waals surface area contributed by atoms with E-state index in [0.717, 1.165) is 18.4 Å². The number of carbonyl (C=O) groups excluding carboxylic acids is 1. The standard InChI is InChI=1S/C22H29N3O4/c1-14(2)15-7-9-16(10-8-15)20-23-19(29-25-20)12-11-18(26)24-22(3)13-5-4-6-17(22)21(27)28/h7-10,14,17H,4-6,11-13H2,1-3H3,(H,24,26)(H,27,28). The van der Waals surface area contributed by atoms with Gasteiger partial charge in [-0.25, -0.2) is 0 Å². The Kier molecular flexibility index (Phi) is 6.35. The summed E-state index contributed by atoms with van der Waals surface area (Å²) in [5, 5.41) is 16.4.